The second kappa shape index (κ2) is 7.70. The maximum atomic E-state index is 12.5. The Kier molecular flexibility index (Phi) is 4.79. The Balaban J connectivity index is 1.74. The van der Waals surface area contributed by atoms with Crippen LogP contribution in [0.3, 0.4) is 0 Å². The second-order valence-corrected chi connectivity index (χ2v) is 6.12. The number of carbonyl (C=O) groups excluding carboxylic acids is 1. The molecule has 0 saturated carbocycles. The fourth-order valence-electron chi connectivity index (χ4n) is 2.89. The Hall–Kier alpha value is -3.66. The highest BCUT2D eigenvalue weighted by Crippen LogP contribution is 2.28. The van der Waals surface area contributed by atoms with Crippen molar-refractivity contribution in [2.24, 2.45) is 0 Å². The third kappa shape index (κ3) is 3.80. The van der Waals surface area contributed by atoms with E-state index >= 15 is 0 Å². The van der Waals surface area contributed by atoms with E-state index in [-0.39, 0.29) is 12.2 Å². The molecule has 0 fully saturated rings. The molecule has 0 unspecified atom stereocenters. The number of hydrogen-bond donors (Lipinski definition) is 0. The molecule has 4 aromatic rings. The summed E-state index contributed by atoms with van der Waals surface area (Å²) in [4.78, 5) is 17.2. The number of aromatic nitrogens is 3. The largest absolute Gasteiger partial charge is 0.294 e. The van der Waals surface area contributed by atoms with Gasteiger partial charge in [-0.05, 0) is 0 Å². The van der Waals surface area contributed by atoms with Crippen LogP contribution in [0.2, 0.25) is 0 Å². The maximum absolute atomic E-state index is 12.5. The monoisotopic (exact) mass is 351 g/mol. The molecule has 27 heavy (non-hydrogen) atoms. The standard InChI is InChI=1S/C23H17N3O/c27-20(17-10-4-1-5-11-17)16-21-24-22(18-12-6-2-7-13-18)23(26-25-21)19-14-8-3-9-15-19/h1-15H,16H2. The van der Waals surface area contributed by atoms with Gasteiger partial charge in [-0.15, -0.1) is 10.2 Å². The summed E-state index contributed by atoms with van der Waals surface area (Å²) in [6.45, 7) is 0. The number of benzene rings is 3. The van der Waals surface area contributed by atoms with Gasteiger partial charge in [-0.25, -0.2) is 4.98 Å². The lowest BCUT2D eigenvalue weighted by atomic mass is 10.0. The van der Waals surface area contributed by atoms with Crippen LogP contribution in [0.1, 0.15) is 16.2 Å². The molecule has 0 aliphatic heterocycles. The molecule has 0 atom stereocenters. The summed E-state index contributed by atoms with van der Waals surface area (Å²) in [6.07, 6.45) is 0.117. The number of carbonyl (C=O) groups is 1. The summed E-state index contributed by atoms with van der Waals surface area (Å²) in [6, 6.07) is 28.9. The summed E-state index contributed by atoms with van der Waals surface area (Å²) in [5.74, 6) is 0.395. The molecular formula is C23H17N3O. The number of rotatable bonds is 5. The third-order valence-electron chi connectivity index (χ3n) is 4.24. The highest BCUT2D eigenvalue weighted by Gasteiger charge is 2.15. The molecule has 0 N–H and O–H groups in total. The highest BCUT2D eigenvalue weighted by molar-refractivity contribution is 5.97. The zero-order valence-electron chi connectivity index (χ0n) is 14.6. The van der Waals surface area contributed by atoms with E-state index in [9.17, 15) is 4.79 Å². The van der Waals surface area contributed by atoms with Crippen molar-refractivity contribution in [1.29, 1.82) is 0 Å². The molecule has 0 amide bonds. The first-order valence-corrected chi connectivity index (χ1v) is 8.74. The lowest BCUT2D eigenvalue weighted by Crippen LogP contribution is -2.09. The molecule has 3 aromatic carbocycles. The van der Waals surface area contributed by atoms with Gasteiger partial charge < -0.3 is 0 Å². The van der Waals surface area contributed by atoms with Crippen molar-refractivity contribution < 1.29 is 4.79 Å². The highest BCUT2D eigenvalue weighted by atomic mass is 16.1. The summed E-state index contributed by atoms with van der Waals surface area (Å²) >= 11 is 0. The molecule has 1 heterocycles. The normalized spacial score (nSPS) is 10.5. The van der Waals surface area contributed by atoms with Crippen LogP contribution in [0.4, 0.5) is 0 Å². The molecule has 0 radical (unpaired) electrons. The van der Waals surface area contributed by atoms with Crippen molar-refractivity contribution in [3.8, 4) is 22.5 Å². The molecule has 0 saturated heterocycles. The Morgan fingerprint density at radius 3 is 1.74 bits per heavy atom. The molecule has 130 valence electrons. The van der Waals surface area contributed by atoms with Crippen LogP contribution in [0.5, 0.6) is 0 Å². The van der Waals surface area contributed by atoms with Crippen LogP contribution in [-0.4, -0.2) is 21.0 Å². The van der Waals surface area contributed by atoms with Crippen molar-refractivity contribution in [2.75, 3.05) is 0 Å². The van der Waals surface area contributed by atoms with Gasteiger partial charge in [0.1, 0.15) is 11.4 Å². The average Bonchev–Trinajstić information content (AvgIpc) is 2.75. The average molecular weight is 351 g/mol. The summed E-state index contributed by atoms with van der Waals surface area (Å²) in [7, 11) is 0. The van der Waals surface area contributed by atoms with Gasteiger partial charge >= 0.3 is 0 Å². The van der Waals surface area contributed by atoms with Crippen molar-refractivity contribution in [3.63, 3.8) is 0 Å². The quantitative estimate of drug-likeness (QED) is 0.492. The van der Waals surface area contributed by atoms with E-state index in [4.69, 9.17) is 4.98 Å². The van der Waals surface area contributed by atoms with Crippen LogP contribution in [0.25, 0.3) is 22.5 Å². The molecule has 4 rings (SSSR count). The van der Waals surface area contributed by atoms with E-state index in [0.29, 0.717) is 17.1 Å². The van der Waals surface area contributed by atoms with Crippen LogP contribution >= 0.6 is 0 Å². The molecule has 0 aliphatic carbocycles. The third-order valence-corrected chi connectivity index (χ3v) is 4.24. The summed E-state index contributed by atoms with van der Waals surface area (Å²) < 4.78 is 0. The summed E-state index contributed by atoms with van der Waals surface area (Å²) in [5.41, 5.74) is 3.97. The van der Waals surface area contributed by atoms with Crippen molar-refractivity contribution >= 4 is 5.78 Å². The topological polar surface area (TPSA) is 55.7 Å². The molecule has 4 nitrogen and oxygen atoms in total. The van der Waals surface area contributed by atoms with E-state index in [1.807, 2.05) is 78.9 Å². The molecule has 0 bridgehead atoms. The fraction of sp³-hybridized carbons (Fsp3) is 0.0435. The van der Waals surface area contributed by atoms with Gasteiger partial charge in [0, 0.05) is 16.7 Å². The van der Waals surface area contributed by atoms with E-state index in [0.717, 1.165) is 16.8 Å². The zero-order valence-corrected chi connectivity index (χ0v) is 14.6. The zero-order chi connectivity index (χ0) is 18.5. The second-order valence-electron chi connectivity index (χ2n) is 6.12. The van der Waals surface area contributed by atoms with Crippen LogP contribution in [0, 0.1) is 0 Å². The molecule has 4 heteroatoms. The molecule has 1 aromatic heterocycles. The Bertz CT molecular complexity index is 1050. The lowest BCUT2D eigenvalue weighted by molar-refractivity contribution is 0.0990. The molecule has 0 spiro atoms. The molecular weight excluding hydrogens is 334 g/mol. The van der Waals surface area contributed by atoms with E-state index < -0.39 is 0 Å². The maximum Gasteiger partial charge on any atom is 0.170 e. The number of nitrogens with zero attached hydrogens (tertiary/aromatic N) is 3. The fourth-order valence-corrected chi connectivity index (χ4v) is 2.89. The number of ketones is 1. The number of Topliss-reactive ketones (excluding diaryl/α,β-unsaturated/α-hetero) is 1. The van der Waals surface area contributed by atoms with E-state index in [2.05, 4.69) is 10.2 Å². The van der Waals surface area contributed by atoms with E-state index in [1.54, 1.807) is 12.1 Å². The first kappa shape index (κ1) is 16.8. The van der Waals surface area contributed by atoms with Gasteiger partial charge in [-0.3, -0.25) is 4.79 Å². The smallest absolute Gasteiger partial charge is 0.170 e. The van der Waals surface area contributed by atoms with Crippen LogP contribution in [-0.2, 0) is 6.42 Å². The SMILES string of the molecule is O=C(Cc1nnc(-c2ccccc2)c(-c2ccccc2)n1)c1ccccc1. The lowest BCUT2D eigenvalue weighted by Gasteiger charge is -2.09. The van der Waals surface area contributed by atoms with Gasteiger partial charge in [0.25, 0.3) is 0 Å². The minimum absolute atomic E-state index is 0.0242. The van der Waals surface area contributed by atoms with Gasteiger partial charge in [0.05, 0.1) is 6.42 Å². The van der Waals surface area contributed by atoms with Crippen LogP contribution in [0.15, 0.2) is 91.0 Å². The summed E-state index contributed by atoms with van der Waals surface area (Å²) in [5, 5.41) is 8.63. The van der Waals surface area contributed by atoms with Gasteiger partial charge in [-0.2, -0.15) is 0 Å². The minimum atomic E-state index is -0.0242. The van der Waals surface area contributed by atoms with Crippen molar-refractivity contribution in [3.05, 3.63) is 102 Å². The Labute approximate surface area is 157 Å². The Morgan fingerprint density at radius 2 is 1.15 bits per heavy atom. The first-order valence-electron chi connectivity index (χ1n) is 8.74. The van der Waals surface area contributed by atoms with Gasteiger partial charge in [-0.1, -0.05) is 91.0 Å². The van der Waals surface area contributed by atoms with Crippen LogP contribution < -0.4 is 0 Å². The predicted molar refractivity (Wildman–Crippen MR) is 105 cm³/mol. The van der Waals surface area contributed by atoms with Crippen molar-refractivity contribution in [1.82, 2.24) is 15.2 Å². The number of hydrogen-bond acceptors (Lipinski definition) is 4. The predicted octanol–water partition coefficient (Wildman–Crippen LogP) is 4.63. The van der Waals surface area contributed by atoms with Gasteiger partial charge in [0.15, 0.2) is 11.6 Å². The van der Waals surface area contributed by atoms with E-state index in [1.165, 1.54) is 0 Å². The Morgan fingerprint density at radius 1 is 0.630 bits per heavy atom. The first-order chi connectivity index (χ1) is 13.3. The van der Waals surface area contributed by atoms with Crippen molar-refractivity contribution in [2.45, 2.75) is 6.42 Å². The minimum Gasteiger partial charge on any atom is -0.294 e. The molecule has 0 aliphatic rings. The van der Waals surface area contributed by atoms with Gasteiger partial charge in [0.2, 0.25) is 0 Å².